The molecule has 0 spiro atoms. The van der Waals surface area contributed by atoms with Crippen molar-refractivity contribution < 1.29 is 33.3 Å². The average Bonchev–Trinajstić information content (AvgIpc) is 3.23. The molecule has 0 aliphatic carbocycles. The van der Waals surface area contributed by atoms with E-state index in [0.29, 0.717) is 45.1 Å². The number of hydrogen-bond acceptors (Lipinski definition) is 9. The maximum atomic E-state index is 12.9. The van der Waals surface area contributed by atoms with Gasteiger partial charge in [0.05, 0.1) is 6.61 Å². The summed E-state index contributed by atoms with van der Waals surface area (Å²) in [6.07, 6.45) is 32.4. The van der Waals surface area contributed by atoms with Crippen molar-refractivity contribution in [3.05, 3.63) is 0 Å². The second-order valence-electron chi connectivity index (χ2n) is 17.2. The molecule has 0 aromatic rings. The summed E-state index contributed by atoms with van der Waals surface area (Å²) in [7, 11) is 0. The molecule has 0 amide bonds. The molecule has 0 fully saturated rings. The van der Waals surface area contributed by atoms with Gasteiger partial charge in [-0.3, -0.25) is 14.5 Å². The zero-order chi connectivity index (χ0) is 43.4. The van der Waals surface area contributed by atoms with Gasteiger partial charge < -0.3 is 23.8 Å². The third kappa shape index (κ3) is 38.8. The molecular weight excluding hydrogens is 741 g/mol. The van der Waals surface area contributed by atoms with Crippen LogP contribution < -0.4 is 0 Å². The minimum atomic E-state index is -0.572. The molecule has 0 saturated heterocycles. The predicted molar refractivity (Wildman–Crippen MR) is 247 cm³/mol. The van der Waals surface area contributed by atoms with Crippen LogP contribution in [0.5, 0.6) is 0 Å². The Morgan fingerprint density at radius 3 is 1.34 bits per heavy atom. The van der Waals surface area contributed by atoms with E-state index >= 15 is 0 Å². The zero-order valence-electron chi connectivity index (χ0n) is 40.0. The first-order valence-electron chi connectivity index (χ1n) is 25.4. The van der Waals surface area contributed by atoms with Crippen molar-refractivity contribution in [1.82, 2.24) is 9.80 Å². The van der Waals surface area contributed by atoms with Crippen LogP contribution in [0, 0.1) is 5.92 Å². The molecule has 0 rings (SSSR count). The summed E-state index contributed by atoms with van der Waals surface area (Å²) in [6, 6.07) is 0. The van der Waals surface area contributed by atoms with E-state index in [1.54, 1.807) is 0 Å². The van der Waals surface area contributed by atoms with Gasteiger partial charge >= 0.3 is 18.1 Å². The lowest BCUT2D eigenvalue weighted by molar-refractivity contribution is -0.145. The van der Waals surface area contributed by atoms with E-state index in [-0.39, 0.29) is 24.6 Å². The van der Waals surface area contributed by atoms with E-state index in [1.807, 2.05) is 0 Å². The fraction of sp³-hybridized carbons (Fsp3) is 0.940. The first kappa shape index (κ1) is 57.1. The molecule has 0 bridgehead atoms. The Kier molecular flexibility index (Phi) is 42.8. The molecule has 350 valence electrons. The Balaban J connectivity index is 4.54. The highest BCUT2D eigenvalue weighted by Gasteiger charge is 2.17. The Morgan fingerprint density at radius 1 is 0.407 bits per heavy atom. The lowest BCUT2D eigenvalue weighted by Crippen LogP contribution is -2.39. The van der Waals surface area contributed by atoms with E-state index in [0.717, 1.165) is 103 Å². The van der Waals surface area contributed by atoms with Gasteiger partial charge in [0.1, 0.15) is 19.3 Å². The van der Waals surface area contributed by atoms with Crippen LogP contribution >= 0.6 is 0 Å². The summed E-state index contributed by atoms with van der Waals surface area (Å²) in [6.45, 7) is 19.3. The van der Waals surface area contributed by atoms with Gasteiger partial charge in [0.15, 0.2) is 0 Å². The lowest BCUT2D eigenvalue weighted by Gasteiger charge is -2.26. The van der Waals surface area contributed by atoms with Gasteiger partial charge in [-0.1, -0.05) is 170 Å². The van der Waals surface area contributed by atoms with Crippen molar-refractivity contribution in [3.8, 4) is 0 Å². The molecule has 2 unspecified atom stereocenters. The molecule has 0 aliphatic heterocycles. The quantitative estimate of drug-likeness (QED) is 0.0337. The minimum Gasteiger partial charge on any atom is -0.465 e. The van der Waals surface area contributed by atoms with Crippen LogP contribution in [0.3, 0.4) is 0 Å². The van der Waals surface area contributed by atoms with Crippen LogP contribution in [0.15, 0.2) is 0 Å². The van der Waals surface area contributed by atoms with Crippen molar-refractivity contribution in [2.24, 2.45) is 5.92 Å². The second-order valence-corrected chi connectivity index (χ2v) is 17.2. The number of esters is 2. The molecule has 0 radical (unpaired) electrons. The Morgan fingerprint density at radius 2 is 0.814 bits per heavy atom. The number of likely N-dealkylation sites (N-methyl/N-ethyl adjacent to an activating group) is 1. The maximum Gasteiger partial charge on any atom is 0.508 e. The number of hydrogen-bond donors (Lipinski definition) is 0. The van der Waals surface area contributed by atoms with Crippen LogP contribution in [-0.2, 0) is 28.5 Å². The number of carbonyl (C=O) groups is 3. The molecule has 0 heterocycles. The summed E-state index contributed by atoms with van der Waals surface area (Å²) < 4.78 is 22.8. The molecule has 0 aromatic heterocycles. The molecule has 0 saturated carbocycles. The van der Waals surface area contributed by atoms with Crippen LogP contribution in [0.1, 0.15) is 234 Å². The third-order valence-corrected chi connectivity index (χ3v) is 11.9. The fourth-order valence-electron chi connectivity index (χ4n) is 7.71. The van der Waals surface area contributed by atoms with Crippen molar-refractivity contribution in [2.75, 3.05) is 59.1 Å². The Bertz CT molecular complexity index is 931. The predicted octanol–water partition coefficient (Wildman–Crippen LogP) is 13.6. The lowest BCUT2D eigenvalue weighted by atomic mass is 9.96. The molecule has 0 N–H and O–H groups in total. The number of unbranched alkanes of at least 4 members (excludes halogenated alkanes) is 19. The van der Waals surface area contributed by atoms with Crippen LogP contribution in [0.25, 0.3) is 0 Å². The summed E-state index contributed by atoms with van der Waals surface area (Å²) in [5.41, 5.74) is 0. The SMILES string of the molecule is CCCCCCCCCC(=O)OCCN(CCOC(=O)OC(CCCCCC)CCCCCCCCCC(=O)OCC(CCCC)CCCCCC)CCN(CC)CC. The van der Waals surface area contributed by atoms with Crippen molar-refractivity contribution >= 4 is 18.1 Å². The molecule has 0 aromatic carbocycles. The van der Waals surface area contributed by atoms with Crippen LogP contribution in [0.4, 0.5) is 4.79 Å². The largest absolute Gasteiger partial charge is 0.508 e. The van der Waals surface area contributed by atoms with Crippen molar-refractivity contribution in [2.45, 2.75) is 240 Å². The number of nitrogens with zero attached hydrogens (tertiary/aromatic N) is 2. The van der Waals surface area contributed by atoms with Gasteiger partial charge in [0.2, 0.25) is 0 Å². The summed E-state index contributed by atoms with van der Waals surface area (Å²) in [4.78, 5) is 42.2. The summed E-state index contributed by atoms with van der Waals surface area (Å²) in [5, 5.41) is 0. The van der Waals surface area contributed by atoms with E-state index in [4.69, 9.17) is 18.9 Å². The highest BCUT2D eigenvalue weighted by Crippen LogP contribution is 2.20. The number of carbonyl (C=O) groups excluding carboxylic acids is 3. The van der Waals surface area contributed by atoms with E-state index < -0.39 is 6.16 Å². The molecular formula is C50H98N2O7. The zero-order valence-corrected chi connectivity index (χ0v) is 40.0. The van der Waals surface area contributed by atoms with Gasteiger partial charge in [0.25, 0.3) is 0 Å². The van der Waals surface area contributed by atoms with Crippen molar-refractivity contribution in [1.29, 1.82) is 0 Å². The Labute approximate surface area is 365 Å². The maximum absolute atomic E-state index is 12.9. The second kappa shape index (κ2) is 44.2. The molecule has 9 heteroatoms. The summed E-state index contributed by atoms with van der Waals surface area (Å²) in [5.74, 6) is 0.379. The average molecular weight is 839 g/mol. The van der Waals surface area contributed by atoms with Crippen LogP contribution in [0.2, 0.25) is 0 Å². The highest BCUT2D eigenvalue weighted by atomic mass is 16.7. The first-order chi connectivity index (χ1) is 28.8. The fourth-order valence-corrected chi connectivity index (χ4v) is 7.71. The number of rotatable bonds is 45. The van der Waals surface area contributed by atoms with Gasteiger partial charge in [-0.05, 0) is 70.4 Å². The summed E-state index contributed by atoms with van der Waals surface area (Å²) >= 11 is 0. The van der Waals surface area contributed by atoms with E-state index in [9.17, 15) is 14.4 Å². The first-order valence-corrected chi connectivity index (χ1v) is 25.4. The topological polar surface area (TPSA) is 94.6 Å². The van der Waals surface area contributed by atoms with E-state index in [2.05, 4.69) is 51.3 Å². The highest BCUT2D eigenvalue weighted by molar-refractivity contribution is 5.69. The van der Waals surface area contributed by atoms with E-state index in [1.165, 1.54) is 103 Å². The number of ether oxygens (including phenoxy) is 4. The third-order valence-electron chi connectivity index (χ3n) is 11.9. The van der Waals surface area contributed by atoms with Gasteiger partial charge in [-0.15, -0.1) is 0 Å². The van der Waals surface area contributed by atoms with Gasteiger partial charge in [-0.25, -0.2) is 4.79 Å². The van der Waals surface area contributed by atoms with Gasteiger partial charge in [-0.2, -0.15) is 0 Å². The standard InChI is InChI=1S/C50H98N2O7/c1-7-13-17-20-22-26-31-37-48(53)56-43-41-52(40-39-51(11-5)12-6)42-44-57-50(55)59-47(35-29-19-15-9-3)36-30-25-23-21-24-27-32-38-49(54)58-45-46(33-16-10-4)34-28-18-14-8-2/h46-47H,7-45H2,1-6H3. The Hall–Kier alpha value is -1.87. The monoisotopic (exact) mass is 839 g/mol. The molecule has 59 heavy (non-hydrogen) atoms. The van der Waals surface area contributed by atoms with Crippen LogP contribution in [-0.4, -0.2) is 93.1 Å². The van der Waals surface area contributed by atoms with Gasteiger partial charge in [0, 0.05) is 39.0 Å². The van der Waals surface area contributed by atoms with Crippen molar-refractivity contribution in [3.63, 3.8) is 0 Å². The molecule has 2 atom stereocenters. The molecule has 0 aliphatic rings. The smallest absolute Gasteiger partial charge is 0.465 e. The molecule has 9 nitrogen and oxygen atoms in total. The minimum absolute atomic E-state index is 0.0249. The normalized spacial score (nSPS) is 12.5.